The van der Waals surface area contributed by atoms with Crippen LogP contribution in [0.2, 0.25) is 5.02 Å². The smallest absolute Gasteiger partial charge is 0.297 e. The Morgan fingerprint density at radius 1 is 1.39 bits per heavy atom. The average Bonchev–Trinajstić information content (AvgIpc) is 3.60. The van der Waals surface area contributed by atoms with Crippen LogP contribution in [0.25, 0.3) is 10.9 Å². The van der Waals surface area contributed by atoms with Gasteiger partial charge in [0.05, 0.1) is 22.8 Å². The SMILES string of the molecule is O=c1[nH]c(OC[C@@]23CCCN2C[C@H](F)C3)nc2c(F)c(Br)c(Cl)c(OCC(NCC(F)F)c3cnco3)c12. The molecular formula is C23H23BrClF4N5O4. The number of oxazole rings is 1. The van der Waals surface area contributed by atoms with Gasteiger partial charge in [0.25, 0.3) is 18.0 Å². The molecule has 2 N–H and O–H groups in total. The Kier molecular flexibility index (Phi) is 7.85. The third-order valence-electron chi connectivity index (χ3n) is 6.86. The first-order valence-corrected chi connectivity index (χ1v) is 13.0. The Labute approximate surface area is 227 Å². The summed E-state index contributed by atoms with van der Waals surface area (Å²) in [6.07, 6.45) is 0.795. The van der Waals surface area contributed by atoms with Crippen LogP contribution in [0.3, 0.4) is 0 Å². The number of alkyl halides is 3. The fourth-order valence-electron chi connectivity index (χ4n) is 5.12. The highest BCUT2D eigenvalue weighted by atomic mass is 79.9. The number of hydrogen-bond acceptors (Lipinski definition) is 8. The van der Waals surface area contributed by atoms with Crippen LogP contribution in [0, 0.1) is 5.82 Å². The molecule has 0 amide bonds. The third-order valence-corrected chi connectivity index (χ3v) is 8.20. The first-order valence-electron chi connectivity index (χ1n) is 11.8. The van der Waals surface area contributed by atoms with Gasteiger partial charge in [-0.2, -0.15) is 4.98 Å². The minimum absolute atomic E-state index is 0.0796. The topological polar surface area (TPSA) is 106 Å². The Hall–Kier alpha value is -2.42. The summed E-state index contributed by atoms with van der Waals surface area (Å²) >= 11 is 9.36. The molecule has 206 valence electrons. The van der Waals surface area contributed by atoms with Crippen molar-refractivity contribution in [2.45, 2.75) is 43.4 Å². The Balaban J connectivity index is 1.43. The van der Waals surface area contributed by atoms with Crippen molar-refractivity contribution in [3.05, 3.63) is 44.0 Å². The highest BCUT2D eigenvalue weighted by Crippen LogP contribution is 2.42. The van der Waals surface area contributed by atoms with Crippen molar-refractivity contribution in [3.8, 4) is 11.8 Å². The lowest BCUT2D eigenvalue weighted by molar-refractivity contribution is 0.107. The normalized spacial score (nSPS) is 22.3. The minimum atomic E-state index is -2.65. The second-order valence-corrected chi connectivity index (χ2v) is 10.5. The van der Waals surface area contributed by atoms with E-state index in [2.05, 4.69) is 36.2 Å². The molecule has 2 aliphatic heterocycles. The molecule has 2 fully saturated rings. The van der Waals surface area contributed by atoms with E-state index >= 15 is 4.39 Å². The van der Waals surface area contributed by atoms with Crippen LogP contribution >= 0.6 is 27.5 Å². The molecule has 2 saturated heterocycles. The summed E-state index contributed by atoms with van der Waals surface area (Å²) in [5.41, 5.74) is -1.66. The number of aromatic amines is 1. The predicted octanol–water partition coefficient (Wildman–Crippen LogP) is 4.40. The van der Waals surface area contributed by atoms with E-state index in [1.807, 2.05) is 4.90 Å². The van der Waals surface area contributed by atoms with Gasteiger partial charge >= 0.3 is 0 Å². The van der Waals surface area contributed by atoms with Gasteiger partial charge in [-0.05, 0) is 35.3 Å². The molecule has 0 radical (unpaired) electrons. The maximum atomic E-state index is 15.2. The molecule has 15 heteroatoms. The maximum Gasteiger partial charge on any atom is 0.297 e. The first-order chi connectivity index (χ1) is 18.2. The van der Waals surface area contributed by atoms with Crippen molar-refractivity contribution < 1.29 is 31.5 Å². The zero-order valence-electron chi connectivity index (χ0n) is 19.8. The summed E-state index contributed by atoms with van der Waals surface area (Å²) < 4.78 is 71.4. The predicted molar refractivity (Wildman–Crippen MR) is 132 cm³/mol. The van der Waals surface area contributed by atoms with Crippen LogP contribution in [-0.2, 0) is 0 Å². The molecule has 3 aromatic rings. The number of aromatic nitrogens is 3. The quantitative estimate of drug-likeness (QED) is 0.253. The minimum Gasteiger partial charge on any atom is -0.489 e. The lowest BCUT2D eigenvalue weighted by Gasteiger charge is -2.30. The van der Waals surface area contributed by atoms with E-state index in [0.717, 1.165) is 25.8 Å². The van der Waals surface area contributed by atoms with Gasteiger partial charge in [0.15, 0.2) is 18.0 Å². The molecule has 1 unspecified atom stereocenters. The molecule has 5 rings (SSSR count). The van der Waals surface area contributed by atoms with Crippen LogP contribution in [0.4, 0.5) is 17.6 Å². The van der Waals surface area contributed by atoms with Crippen LogP contribution in [0.5, 0.6) is 11.8 Å². The molecule has 2 aliphatic rings. The summed E-state index contributed by atoms with van der Waals surface area (Å²) in [5.74, 6) is -0.922. The van der Waals surface area contributed by atoms with Crippen molar-refractivity contribution in [2.75, 3.05) is 32.8 Å². The van der Waals surface area contributed by atoms with E-state index < -0.39 is 42.1 Å². The summed E-state index contributed by atoms with van der Waals surface area (Å²) in [5, 5.41) is 2.04. The molecule has 3 atom stereocenters. The molecule has 0 saturated carbocycles. The fraction of sp³-hybridized carbons (Fsp3) is 0.522. The lowest BCUT2D eigenvalue weighted by Crippen LogP contribution is -2.43. The number of rotatable bonds is 10. The first kappa shape index (κ1) is 27.2. The van der Waals surface area contributed by atoms with Crippen molar-refractivity contribution in [1.29, 1.82) is 0 Å². The molecule has 9 nitrogen and oxygen atoms in total. The van der Waals surface area contributed by atoms with Crippen molar-refractivity contribution in [3.63, 3.8) is 0 Å². The van der Waals surface area contributed by atoms with E-state index in [4.69, 9.17) is 25.5 Å². The van der Waals surface area contributed by atoms with Crippen LogP contribution < -0.4 is 20.3 Å². The molecule has 2 aromatic heterocycles. The highest BCUT2D eigenvalue weighted by molar-refractivity contribution is 9.10. The van der Waals surface area contributed by atoms with Gasteiger partial charge in [0, 0.05) is 13.0 Å². The average molecular weight is 625 g/mol. The number of benzene rings is 1. The molecule has 0 bridgehead atoms. The number of halogens is 6. The zero-order chi connectivity index (χ0) is 27.0. The van der Waals surface area contributed by atoms with Gasteiger partial charge in [-0.25, -0.2) is 22.5 Å². The van der Waals surface area contributed by atoms with Crippen molar-refractivity contribution >= 4 is 38.4 Å². The highest BCUT2D eigenvalue weighted by Gasteiger charge is 2.49. The van der Waals surface area contributed by atoms with Gasteiger partial charge in [-0.15, -0.1) is 0 Å². The number of nitrogens with zero attached hydrogens (tertiary/aromatic N) is 3. The second kappa shape index (κ2) is 11.0. The molecule has 1 aromatic carbocycles. The van der Waals surface area contributed by atoms with E-state index in [-0.39, 0.29) is 51.1 Å². The second-order valence-electron chi connectivity index (χ2n) is 9.30. The molecule has 4 heterocycles. The molecule has 0 aliphatic carbocycles. The van der Waals surface area contributed by atoms with Crippen molar-refractivity contribution in [1.82, 2.24) is 25.2 Å². The summed E-state index contributed by atoms with van der Waals surface area (Å²) in [7, 11) is 0. The van der Waals surface area contributed by atoms with Crippen LogP contribution in [0.1, 0.15) is 31.1 Å². The maximum absolute atomic E-state index is 15.2. The summed E-state index contributed by atoms with van der Waals surface area (Å²) in [6, 6.07) is -1.11. The number of H-pyrrole nitrogens is 1. The van der Waals surface area contributed by atoms with E-state index in [1.54, 1.807) is 0 Å². The standard InChI is InChI=1S/C23H23BrClF4N5O4/c24-16-17(25)20(36-8-12(31-6-14(27)28)13-5-30-10-38-13)15-19(18(16)29)32-22(33-21(15)35)37-9-23-2-1-3-34(23)7-11(26)4-23/h5,10-12,14,31H,1-4,6-9H2,(H,32,33,35)/t11-,12?,23+/m1/s1. The van der Waals surface area contributed by atoms with Crippen LogP contribution in [0.15, 0.2) is 26.3 Å². The van der Waals surface area contributed by atoms with Crippen LogP contribution in [-0.4, -0.2) is 70.8 Å². The summed E-state index contributed by atoms with van der Waals surface area (Å²) in [4.78, 5) is 25.5. The van der Waals surface area contributed by atoms with Gasteiger partial charge in [-0.1, -0.05) is 11.6 Å². The number of nitrogens with one attached hydrogen (secondary N) is 2. The molecular weight excluding hydrogens is 602 g/mol. The Morgan fingerprint density at radius 2 is 2.21 bits per heavy atom. The Bertz CT molecular complexity index is 1360. The van der Waals surface area contributed by atoms with E-state index in [0.29, 0.717) is 13.0 Å². The van der Waals surface area contributed by atoms with E-state index in [1.165, 1.54) is 6.20 Å². The van der Waals surface area contributed by atoms with Gasteiger partial charge in [0.2, 0.25) is 0 Å². The van der Waals surface area contributed by atoms with Gasteiger partial charge in [0.1, 0.15) is 47.1 Å². The number of ether oxygens (including phenoxy) is 2. The molecule has 0 spiro atoms. The number of hydrogen-bond donors (Lipinski definition) is 2. The van der Waals surface area contributed by atoms with E-state index in [9.17, 15) is 18.0 Å². The largest absolute Gasteiger partial charge is 0.489 e. The van der Waals surface area contributed by atoms with Crippen molar-refractivity contribution in [2.24, 2.45) is 0 Å². The number of fused-ring (bicyclic) bond motifs is 2. The summed E-state index contributed by atoms with van der Waals surface area (Å²) in [6.45, 7) is 0.188. The van der Waals surface area contributed by atoms with Gasteiger partial charge in [-0.3, -0.25) is 20.0 Å². The fourth-order valence-corrected chi connectivity index (χ4v) is 5.72. The lowest BCUT2D eigenvalue weighted by atomic mass is 9.95. The molecule has 38 heavy (non-hydrogen) atoms. The van der Waals surface area contributed by atoms with Gasteiger partial charge < -0.3 is 13.9 Å². The Morgan fingerprint density at radius 3 is 2.95 bits per heavy atom. The monoisotopic (exact) mass is 623 g/mol. The third kappa shape index (κ3) is 5.23. The zero-order valence-corrected chi connectivity index (χ0v) is 22.1.